The van der Waals surface area contributed by atoms with Crippen LogP contribution in [0.5, 0.6) is 11.5 Å². The van der Waals surface area contributed by atoms with E-state index in [1.165, 1.54) is 6.33 Å². The second kappa shape index (κ2) is 7.40. The summed E-state index contributed by atoms with van der Waals surface area (Å²) in [5, 5.41) is 4.18. The lowest BCUT2D eigenvalue weighted by Gasteiger charge is -2.10. The van der Waals surface area contributed by atoms with Gasteiger partial charge in [-0.3, -0.25) is 0 Å². The molecule has 24 heavy (non-hydrogen) atoms. The fourth-order valence-electron chi connectivity index (χ4n) is 2.25. The topological polar surface area (TPSA) is 96.7 Å². The number of ether oxygens (including phenoxy) is 1. The predicted octanol–water partition coefficient (Wildman–Crippen LogP) is 2.84. The molecule has 0 aliphatic carbocycles. The van der Waals surface area contributed by atoms with Gasteiger partial charge in [-0.1, -0.05) is 12.1 Å². The highest BCUT2D eigenvalue weighted by Crippen LogP contribution is 2.29. The van der Waals surface area contributed by atoms with Crippen molar-refractivity contribution in [3.8, 4) is 11.5 Å². The Kier molecular flexibility index (Phi) is 5.05. The van der Waals surface area contributed by atoms with E-state index in [4.69, 9.17) is 19.0 Å². The zero-order valence-corrected chi connectivity index (χ0v) is 13.8. The zero-order valence-electron chi connectivity index (χ0n) is 12.9. The first-order chi connectivity index (χ1) is 11.7. The molecule has 0 saturated carbocycles. The summed E-state index contributed by atoms with van der Waals surface area (Å²) in [6.07, 6.45) is 1.51. The fourth-order valence-corrected chi connectivity index (χ4v) is 2.56. The van der Waals surface area contributed by atoms with Gasteiger partial charge in [0.15, 0.2) is 0 Å². The van der Waals surface area contributed by atoms with Gasteiger partial charge in [-0.25, -0.2) is 9.97 Å². The van der Waals surface area contributed by atoms with Crippen molar-refractivity contribution in [1.82, 2.24) is 9.97 Å². The van der Waals surface area contributed by atoms with Gasteiger partial charge in [-0.05, 0) is 29.8 Å². The molecule has 3 N–H and O–H groups in total. The van der Waals surface area contributed by atoms with E-state index in [1.54, 1.807) is 19.2 Å². The number of hydrogen-bond acceptors (Lipinski definition) is 7. The Bertz CT molecular complexity index is 827. The summed E-state index contributed by atoms with van der Waals surface area (Å²) < 4.78 is 10.0. The first kappa shape index (κ1) is 16.4. The summed E-state index contributed by atoms with van der Waals surface area (Å²) in [4.78, 5) is 26.2. The van der Waals surface area contributed by atoms with E-state index in [1.807, 2.05) is 30.3 Å². The number of methoxy groups -OCH3 is 1. The van der Waals surface area contributed by atoms with Crippen LogP contribution < -0.4 is 14.6 Å². The number of nitrogens with one attached hydrogen (secondary N) is 1. The van der Waals surface area contributed by atoms with E-state index in [0.717, 1.165) is 28.0 Å². The van der Waals surface area contributed by atoms with Gasteiger partial charge >= 0.3 is 8.60 Å². The smallest absolute Gasteiger partial charge is 0.391 e. The Balaban J connectivity index is 1.73. The Morgan fingerprint density at radius 1 is 1.04 bits per heavy atom. The Hall–Kier alpha value is -2.47. The highest BCUT2D eigenvalue weighted by Gasteiger charge is 2.06. The molecule has 1 heterocycles. The van der Waals surface area contributed by atoms with Crippen LogP contribution in [0.25, 0.3) is 10.9 Å². The molecule has 0 atom stereocenters. The third-order valence-electron chi connectivity index (χ3n) is 3.41. The predicted molar refractivity (Wildman–Crippen MR) is 91.8 cm³/mol. The van der Waals surface area contributed by atoms with E-state index >= 15 is 0 Å². The van der Waals surface area contributed by atoms with Gasteiger partial charge in [0.2, 0.25) is 0 Å². The standard InChI is InChI=1S/C16H16N3O4P/c1-22-13-6-7-14-15(8-13)18-10-19-16(14)17-9-11-2-4-12(5-3-11)23-24(20)21/h2-8,10,20-21H,9H2,1H3,(H,17,18,19). The average Bonchev–Trinajstić information content (AvgIpc) is 2.60. The minimum atomic E-state index is -2.40. The summed E-state index contributed by atoms with van der Waals surface area (Å²) >= 11 is 0. The number of benzene rings is 2. The van der Waals surface area contributed by atoms with E-state index in [9.17, 15) is 0 Å². The third-order valence-corrected chi connectivity index (χ3v) is 3.79. The SMILES string of the molecule is COc1ccc2c(NCc3ccc(OP(O)O)cc3)ncnc2c1. The number of aromatic nitrogens is 2. The summed E-state index contributed by atoms with van der Waals surface area (Å²) in [6, 6.07) is 12.7. The third kappa shape index (κ3) is 3.89. The molecular formula is C16H16N3O4P. The maximum atomic E-state index is 8.83. The van der Waals surface area contributed by atoms with Crippen molar-refractivity contribution in [2.24, 2.45) is 0 Å². The summed E-state index contributed by atoms with van der Waals surface area (Å²) in [5.74, 6) is 1.89. The molecule has 0 aliphatic rings. The van der Waals surface area contributed by atoms with Crippen LogP contribution >= 0.6 is 8.60 Å². The normalized spacial score (nSPS) is 10.8. The molecule has 0 unspecified atom stereocenters. The quantitative estimate of drug-likeness (QED) is 0.591. The van der Waals surface area contributed by atoms with Gasteiger partial charge in [0.05, 0.1) is 12.6 Å². The van der Waals surface area contributed by atoms with Crippen LogP contribution in [0.4, 0.5) is 5.82 Å². The van der Waals surface area contributed by atoms with Gasteiger partial charge in [0.1, 0.15) is 23.6 Å². The monoisotopic (exact) mass is 345 g/mol. The number of fused-ring (bicyclic) bond motifs is 1. The molecule has 0 aliphatic heterocycles. The van der Waals surface area contributed by atoms with Crippen molar-refractivity contribution >= 4 is 25.3 Å². The minimum absolute atomic E-state index is 0.412. The van der Waals surface area contributed by atoms with Crippen LogP contribution in [0.2, 0.25) is 0 Å². The van der Waals surface area contributed by atoms with Crippen molar-refractivity contribution in [2.45, 2.75) is 6.54 Å². The zero-order chi connectivity index (χ0) is 16.9. The van der Waals surface area contributed by atoms with Crippen molar-refractivity contribution in [2.75, 3.05) is 12.4 Å². The van der Waals surface area contributed by atoms with Crippen LogP contribution in [-0.4, -0.2) is 26.9 Å². The van der Waals surface area contributed by atoms with Gasteiger partial charge in [-0.2, -0.15) is 0 Å². The van der Waals surface area contributed by atoms with Crippen molar-refractivity contribution in [3.63, 3.8) is 0 Å². The molecule has 3 aromatic rings. The van der Waals surface area contributed by atoms with Crippen molar-refractivity contribution < 1.29 is 19.0 Å². The molecule has 8 heteroatoms. The highest BCUT2D eigenvalue weighted by molar-refractivity contribution is 7.39. The van der Waals surface area contributed by atoms with Crippen LogP contribution in [0.15, 0.2) is 48.8 Å². The lowest BCUT2D eigenvalue weighted by molar-refractivity contribution is 0.375. The number of nitrogens with zero attached hydrogens (tertiary/aromatic N) is 2. The van der Waals surface area contributed by atoms with Gasteiger partial charge < -0.3 is 24.4 Å². The maximum Gasteiger partial charge on any atom is 0.391 e. The van der Waals surface area contributed by atoms with Gasteiger partial charge in [0, 0.05) is 18.0 Å². The second-order valence-corrected chi connectivity index (χ2v) is 5.63. The molecule has 0 spiro atoms. The largest absolute Gasteiger partial charge is 0.497 e. The summed E-state index contributed by atoms with van der Waals surface area (Å²) in [6.45, 7) is 0.561. The number of anilines is 1. The maximum absolute atomic E-state index is 8.83. The molecule has 0 fully saturated rings. The lowest BCUT2D eigenvalue weighted by Crippen LogP contribution is -2.02. The van der Waals surface area contributed by atoms with Gasteiger partial charge in [-0.15, -0.1) is 0 Å². The van der Waals surface area contributed by atoms with Gasteiger partial charge in [0.25, 0.3) is 0 Å². The highest BCUT2D eigenvalue weighted by atomic mass is 31.2. The van der Waals surface area contributed by atoms with E-state index < -0.39 is 8.60 Å². The molecule has 1 aromatic heterocycles. The van der Waals surface area contributed by atoms with Crippen LogP contribution in [0, 0.1) is 0 Å². The van der Waals surface area contributed by atoms with E-state index in [2.05, 4.69) is 15.3 Å². The van der Waals surface area contributed by atoms with Crippen LogP contribution in [0.3, 0.4) is 0 Å². The number of rotatable bonds is 6. The summed E-state index contributed by atoms with van der Waals surface area (Å²) in [5.41, 5.74) is 1.80. The molecule has 0 saturated heterocycles. The fraction of sp³-hybridized carbons (Fsp3) is 0.125. The van der Waals surface area contributed by atoms with E-state index in [-0.39, 0.29) is 0 Å². The first-order valence-electron chi connectivity index (χ1n) is 7.13. The molecule has 0 radical (unpaired) electrons. The van der Waals surface area contributed by atoms with Crippen LogP contribution in [-0.2, 0) is 6.54 Å². The van der Waals surface area contributed by atoms with Crippen LogP contribution in [0.1, 0.15) is 5.56 Å². The molecular weight excluding hydrogens is 329 g/mol. The molecule has 0 bridgehead atoms. The Morgan fingerprint density at radius 3 is 2.50 bits per heavy atom. The molecule has 3 rings (SSSR count). The van der Waals surface area contributed by atoms with Crippen molar-refractivity contribution in [3.05, 3.63) is 54.4 Å². The Labute approximate surface area is 139 Å². The molecule has 7 nitrogen and oxygen atoms in total. The molecule has 2 aromatic carbocycles. The minimum Gasteiger partial charge on any atom is -0.497 e. The average molecular weight is 345 g/mol. The molecule has 124 valence electrons. The second-order valence-electron chi connectivity index (χ2n) is 4.95. The molecule has 0 amide bonds. The lowest BCUT2D eigenvalue weighted by atomic mass is 10.2. The van der Waals surface area contributed by atoms with Crippen molar-refractivity contribution in [1.29, 1.82) is 0 Å². The first-order valence-corrected chi connectivity index (χ1v) is 8.29. The Morgan fingerprint density at radius 2 is 1.79 bits per heavy atom. The number of hydrogen-bond donors (Lipinski definition) is 3. The van der Waals surface area contributed by atoms with E-state index in [0.29, 0.717) is 12.3 Å². The summed E-state index contributed by atoms with van der Waals surface area (Å²) in [7, 11) is -0.780.